The molecule has 0 atom stereocenters. The lowest BCUT2D eigenvalue weighted by molar-refractivity contribution is -0.134. The lowest BCUT2D eigenvalue weighted by atomic mass is 10.0. The number of benzene rings is 2. The van der Waals surface area contributed by atoms with E-state index in [-0.39, 0.29) is 18.0 Å². The zero-order valence-electron chi connectivity index (χ0n) is 12.6. The molecule has 0 radical (unpaired) electrons. The summed E-state index contributed by atoms with van der Waals surface area (Å²) in [6, 6.07) is 18.9. The van der Waals surface area contributed by atoms with E-state index in [9.17, 15) is 9.59 Å². The molecule has 2 amide bonds. The average Bonchev–Trinajstić information content (AvgIpc) is 2.55. The monoisotopic (exact) mass is 294 g/mol. The summed E-state index contributed by atoms with van der Waals surface area (Å²) in [5.41, 5.74) is 1.61. The highest BCUT2D eigenvalue weighted by Gasteiger charge is 2.42. The molecule has 4 nitrogen and oxygen atoms in total. The van der Waals surface area contributed by atoms with E-state index in [1.807, 2.05) is 67.6 Å². The first-order valence-corrected chi connectivity index (χ1v) is 7.37. The minimum Gasteiger partial charge on any atom is -0.291 e. The smallest absolute Gasteiger partial charge is 0.240 e. The normalized spacial score (nSPS) is 22.1. The van der Waals surface area contributed by atoms with Crippen LogP contribution in [0.2, 0.25) is 0 Å². The number of nitrogens with zero attached hydrogens (tertiary/aromatic N) is 2. The van der Waals surface area contributed by atoms with E-state index in [0.717, 1.165) is 11.4 Å². The Morgan fingerprint density at radius 2 is 1.05 bits per heavy atom. The second kappa shape index (κ2) is 5.64. The van der Waals surface area contributed by atoms with Gasteiger partial charge < -0.3 is 0 Å². The highest BCUT2D eigenvalue weighted by atomic mass is 16.2. The maximum atomic E-state index is 12.6. The van der Waals surface area contributed by atoms with Crippen LogP contribution in [0.3, 0.4) is 0 Å². The van der Waals surface area contributed by atoms with Crippen LogP contribution in [0.25, 0.3) is 0 Å². The molecule has 3 rings (SSSR count). The summed E-state index contributed by atoms with van der Waals surface area (Å²) < 4.78 is 0. The van der Waals surface area contributed by atoms with Gasteiger partial charge >= 0.3 is 0 Å². The van der Waals surface area contributed by atoms with Crippen molar-refractivity contribution < 1.29 is 9.59 Å². The number of carbonyl (C=O) groups is 2. The third-order valence-corrected chi connectivity index (χ3v) is 4.03. The number of amides is 2. The minimum absolute atomic E-state index is 0.157. The molecule has 1 fully saturated rings. The van der Waals surface area contributed by atoms with Gasteiger partial charge in [0.15, 0.2) is 0 Å². The van der Waals surface area contributed by atoms with Crippen LogP contribution >= 0.6 is 0 Å². The Balaban J connectivity index is 2.05. The average molecular weight is 294 g/mol. The SMILES string of the molecule is CC1C(=O)N(c2ccccc2)C(C)N(c2ccccc2)C1=O. The van der Waals surface area contributed by atoms with Gasteiger partial charge in [0.1, 0.15) is 12.1 Å². The lowest BCUT2D eigenvalue weighted by Gasteiger charge is -2.44. The molecule has 22 heavy (non-hydrogen) atoms. The Hall–Kier alpha value is -2.62. The van der Waals surface area contributed by atoms with Gasteiger partial charge in [-0.05, 0) is 38.1 Å². The van der Waals surface area contributed by atoms with Crippen LogP contribution in [0, 0.1) is 5.92 Å². The zero-order chi connectivity index (χ0) is 15.7. The van der Waals surface area contributed by atoms with E-state index in [1.54, 1.807) is 16.7 Å². The quantitative estimate of drug-likeness (QED) is 0.799. The van der Waals surface area contributed by atoms with Crippen LogP contribution in [0.5, 0.6) is 0 Å². The summed E-state index contributed by atoms with van der Waals surface area (Å²) in [5.74, 6) is -0.997. The van der Waals surface area contributed by atoms with E-state index in [2.05, 4.69) is 0 Å². The summed E-state index contributed by atoms with van der Waals surface area (Å²) in [6.45, 7) is 3.55. The van der Waals surface area contributed by atoms with Gasteiger partial charge in [0.05, 0.1) is 0 Å². The molecular formula is C18H18N2O2. The Morgan fingerprint density at radius 1 is 0.682 bits per heavy atom. The van der Waals surface area contributed by atoms with Gasteiger partial charge in [-0.1, -0.05) is 36.4 Å². The highest BCUT2D eigenvalue weighted by molar-refractivity contribution is 6.16. The first-order valence-electron chi connectivity index (χ1n) is 7.37. The Kier molecular flexibility index (Phi) is 3.67. The van der Waals surface area contributed by atoms with E-state index in [4.69, 9.17) is 0 Å². The number of hydrogen-bond donors (Lipinski definition) is 0. The van der Waals surface area contributed by atoms with Gasteiger partial charge in [-0.25, -0.2) is 0 Å². The molecule has 0 N–H and O–H groups in total. The molecule has 4 heteroatoms. The number of rotatable bonds is 2. The highest BCUT2D eigenvalue weighted by Crippen LogP contribution is 2.30. The van der Waals surface area contributed by atoms with Crippen molar-refractivity contribution in [3.05, 3.63) is 60.7 Å². The lowest BCUT2D eigenvalue weighted by Crippen LogP contribution is -2.62. The van der Waals surface area contributed by atoms with Gasteiger partial charge in [-0.3, -0.25) is 19.4 Å². The van der Waals surface area contributed by atoms with Crippen molar-refractivity contribution in [1.82, 2.24) is 0 Å². The van der Waals surface area contributed by atoms with Gasteiger partial charge in [0.2, 0.25) is 11.8 Å². The van der Waals surface area contributed by atoms with Crippen molar-refractivity contribution in [2.24, 2.45) is 5.92 Å². The molecule has 1 aliphatic heterocycles. The predicted octanol–water partition coefficient (Wildman–Crippen LogP) is 3.05. The number of carbonyl (C=O) groups excluding carboxylic acids is 2. The predicted molar refractivity (Wildman–Crippen MR) is 86.5 cm³/mol. The van der Waals surface area contributed by atoms with E-state index >= 15 is 0 Å². The first kappa shape index (κ1) is 14.3. The first-order chi connectivity index (χ1) is 10.6. The van der Waals surface area contributed by atoms with Crippen molar-refractivity contribution in [2.45, 2.75) is 20.0 Å². The molecule has 0 unspecified atom stereocenters. The Morgan fingerprint density at radius 3 is 1.41 bits per heavy atom. The van der Waals surface area contributed by atoms with Gasteiger partial charge in [0.25, 0.3) is 0 Å². The second-order valence-corrected chi connectivity index (χ2v) is 5.44. The van der Waals surface area contributed by atoms with E-state index in [1.165, 1.54) is 0 Å². The summed E-state index contributed by atoms with van der Waals surface area (Å²) in [7, 11) is 0. The molecule has 0 saturated carbocycles. The van der Waals surface area contributed by atoms with E-state index < -0.39 is 5.92 Å². The van der Waals surface area contributed by atoms with Crippen molar-refractivity contribution in [2.75, 3.05) is 9.80 Å². The maximum Gasteiger partial charge on any atom is 0.240 e. The fourth-order valence-corrected chi connectivity index (χ4v) is 2.87. The van der Waals surface area contributed by atoms with Crippen molar-refractivity contribution in [3.63, 3.8) is 0 Å². The third kappa shape index (κ3) is 2.26. The number of anilines is 2. The standard InChI is InChI=1S/C18H18N2O2/c1-13-17(21)19(15-9-5-3-6-10-15)14(2)20(18(13)22)16-11-7-4-8-12-16/h3-14H,1-2H3. The topological polar surface area (TPSA) is 40.6 Å². The van der Waals surface area contributed by atoms with Crippen molar-refractivity contribution in [1.29, 1.82) is 0 Å². The van der Waals surface area contributed by atoms with Crippen LogP contribution in [-0.2, 0) is 9.59 Å². The van der Waals surface area contributed by atoms with Crippen LogP contribution in [0.4, 0.5) is 11.4 Å². The molecular weight excluding hydrogens is 276 g/mol. The van der Waals surface area contributed by atoms with E-state index in [0.29, 0.717) is 0 Å². The van der Waals surface area contributed by atoms with Crippen LogP contribution in [0.1, 0.15) is 13.8 Å². The number of para-hydroxylation sites is 2. The van der Waals surface area contributed by atoms with Crippen LogP contribution in [0.15, 0.2) is 60.7 Å². The Bertz CT molecular complexity index is 625. The van der Waals surface area contributed by atoms with Crippen molar-refractivity contribution >= 4 is 23.2 Å². The molecule has 112 valence electrons. The largest absolute Gasteiger partial charge is 0.291 e. The molecule has 1 aliphatic rings. The minimum atomic E-state index is -0.684. The molecule has 0 spiro atoms. The molecule has 2 aromatic carbocycles. The summed E-state index contributed by atoms with van der Waals surface area (Å²) in [5, 5.41) is 0. The van der Waals surface area contributed by atoms with Gasteiger partial charge in [-0.15, -0.1) is 0 Å². The molecule has 2 aromatic rings. The van der Waals surface area contributed by atoms with Gasteiger partial charge in [0, 0.05) is 11.4 Å². The zero-order valence-corrected chi connectivity index (χ0v) is 12.6. The molecule has 0 aromatic heterocycles. The van der Waals surface area contributed by atoms with Gasteiger partial charge in [-0.2, -0.15) is 0 Å². The molecule has 1 heterocycles. The number of hydrogen-bond acceptors (Lipinski definition) is 2. The molecule has 0 bridgehead atoms. The summed E-state index contributed by atoms with van der Waals surface area (Å²) in [4.78, 5) is 28.6. The Labute approximate surface area is 130 Å². The van der Waals surface area contributed by atoms with Crippen molar-refractivity contribution in [3.8, 4) is 0 Å². The fourth-order valence-electron chi connectivity index (χ4n) is 2.87. The summed E-state index contributed by atoms with van der Waals surface area (Å²) in [6.07, 6.45) is -0.360. The molecule has 0 aliphatic carbocycles. The fraction of sp³-hybridized carbons (Fsp3) is 0.222. The second-order valence-electron chi connectivity index (χ2n) is 5.44. The molecule has 1 saturated heterocycles. The van der Waals surface area contributed by atoms with Crippen LogP contribution < -0.4 is 9.80 Å². The van der Waals surface area contributed by atoms with Crippen LogP contribution in [-0.4, -0.2) is 18.0 Å². The summed E-state index contributed by atoms with van der Waals surface area (Å²) >= 11 is 0. The maximum absolute atomic E-state index is 12.6. The third-order valence-electron chi connectivity index (χ3n) is 4.03.